The maximum Gasteiger partial charge on any atom is 0.264 e. The van der Waals surface area contributed by atoms with Gasteiger partial charge in [0.2, 0.25) is 0 Å². The number of ether oxygens (including phenoxy) is 2. The van der Waals surface area contributed by atoms with Gasteiger partial charge in [0.05, 0.1) is 10.6 Å². The summed E-state index contributed by atoms with van der Waals surface area (Å²) in [5.74, 6) is 0.263. The highest BCUT2D eigenvalue weighted by Crippen LogP contribution is 2.34. The van der Waals surface area contributed by atoms with Crippen molar-refractivity contribution in [3.8, 4) is 11.5 Å². The van der Waals surface area contributed by atoms with Crippen molar-refractivity contribution in [1.29, 1.82) is 0 Å². The van der Waals surface area contributed by atoms with E-state index >= 15 is 0 Å². The summed E-state index contributed by atoms with van der Waals surface area (Å²) in [5, 5.41) is 0. The third kappa shape index (κ3) is 2.48. The molecule has 1 aliphatic rings. The Morgan fingerprint density at radius 2 is 1.73 bits per heavy atom. The minimum Gasteiger partial charge on any atom is -0.486 e. The normalized spacial score (nSPS) is 13.7. The molecule has 0 spiro atoms. The maximum atomic E-state index is 13.8. The molecule has 0 atom stereocenters. The number of rotatable bonds is 3. The fraction of sp³-hybridized carbons (Fsp3) is 0.200. The number of nitrogens with zero attached hydrogens (tertiary/aromatic N) is 1. The van der Waals surface area contributed by atoms with Crippen LogP contribution in [0.2, 0.25) is 0 Å². The molecule has 116 valence electrons. The Bertz CT molecular complexity index is 807. The van der Waals surface area contributed by atoms with Crippen molar-refractivity contribution in [2.75, 3.05) is 24.6 Å². The number of para-hydroxylation sites is 1. The molecule has 2 aromatic carbocycles. The van der Waals surface area contributed by atoms with Gasteiger partial charge in [-0.15, -0.1) is 0 Å². The van der Waals surface area contributed by atoms with Gasteiger partial charge in [-0.1, -0.05) is 12.1 Å². The Kier molecular flexibility index (Phi) is 3.66. The van der Waals surface area contributed by atoms with Gasteiger partial charge >= 0.3 is 0 Å². The quantitative estimate of drug-likeness (QED) is 0.870. The minimum atomic E-state index is -3.89. The molecule has 22 heavy (non-hydrogen) atoms. The first kappa shape index (κ1) is 14.6. The molecular weight excluding hydrogens is 309 g/mol. The van der Waals surface area contributed by atoms with E-state index in [1.165, 1.54) is 43.4 Å². The Labute approximate surface area is 127 Å². The van der Waals surface area contributed by atoms with E-state index in [2.05, 4.69) is 0 Å². The molecule has 0 N–H and O–H groups in total. The molecule has 1 aliphatic heterocycles. The molecule has 0 aliphatic carbocycles. The highest BCUT2D eigenvalue weighted by atomic mass is 32.2. The molecule has 0 radical (unpaired) electrons. The monoisotopic (exact) mass is 323 g/mol. The van der Waals surface area contributed by atoms with Crippen molar-refractivity contribution in [3.63, 3.8) is 0 Å². The highest BCUT2D eigenvalue weighted by molar-refractivity contribution is 7.92. The van der Waals surface area contributed by atoms with Crippen LogP contribution in [0.1, 0.15) is 0 Å². The van der Waals surface area contributed by atoms with Crippen molar-refractivity contribution >= 4 is 15.7 Å². The lowest BCUT2D eigenvalue weighted by atomic mass is 10.3. The van der Waals surface area contributed by atoms with Crippen LogP contribution in [0.3, 0.4) is 0 Å². The first-order valence-corrected chi connectivity index (χ1v) is 8.07. The van der Waals surface area contributed by atoms with E-state index in [4.69, 9.17) is 9.47 Å². The van der Waals surface area contributed by atoms with Crippen LogP contribution in [0.25, 0.3) is 0 Å². The molecule has 0 aromatic heterocycles. The van der Waals surface area contributed by atoms with E-state index in [1.54, 1.807) is 6.07 Å². The van der Waals surface area contributed by atoms with Crippen LogP contribution in [0.15, 0.2) is 47.4 Å². The summed E-state index contributed by atoms with van der Waals surface area (Å²) in [6.07, 6.45) is 0. The summed E-state index contributed by atoms with van der Waals surface area (Å²) < 4.78 is 50.7. The summed E-state index contributed by atoms with van der Waals surface area (Å²) in [6.45, 7) is 0.786. The van der Waals surface area contributed by atoms with Crippen LogP contribution in [0.4, 0.5) is 10.1 Å². The number of halogens is 1. The van der Waals surface area contributed by atoms with Crippen LogP contribution in [0.5, 0.6) is 11.5 Å². The van der Waals surface area contributed by atoms with Gasteiger partial charge in [0.1, 0.15) is 19.0 Å². The van der Waals surface area contributed by atoms with E-state index in [0.717, 1.165) is 4.31 Å². The van der Waals surface area contributed by atoms with Gasteiger partial charge in [-0.05, 0) is 24.3 Å². The van der Waals surface area contributed by atoms with E-state index in [-0.39, 0.29) is 10.6 Å². The Hall–Kier alpha value is -2.28. The molecule has 0 unspecified atom stereocenters. The third-order valence-electron chi connectivity index (χ3n) is 3.36. The molecule has 2 aromatic rings. The molecule has 5 nitrogen and oxygen atoms in total. The van der Waals surface area contributed by atoms with E-state index < -0.39 is 15.8 Å². The lowest BCUT2D eigenvalue weighted by Gasteiger charge is -2.22. The number of hydrogen-bond donors (Lipinski definition) is 0. The molecule has 7 heteroatoms. The van der Waals surface area contributed by atoms with Crippen LogP contribution < -0.4 is 13.8 Å². The fourth-order valence-electron chi connectivity index (χ4n) is 2.18. The number of hydrogen-bond acceptors (Lipinski definition) is 4. The van der Waals surface area contributed by atoms with Crippen molar-refractivity contribution in [2.45, 2.75) is 4.90 Å². The van der Waals surface area contributed by atoms with Crippen molar-refractivity contribution < 1.29 is 22.3 Å². The summed E-state index contributed by atoms with van der Waals surface area (Å²) in [7, 11) is -2.58. The third-order valence-corrected chi connectivity index (χ3v) is 5.13. The molecule has 1 heterocycles. The van der Waals surface area contributed by atoms with Gasteiger partial charge in [-0.2, -0.15) is 0 Å². The Morgan fingerprint density at radius 1 is 1.05 bits per heavy atom. The van der Waals surface area contributed by atoms with Crippen molar-refractivity contribution in [1.82, 2.24) is 0 Å². The van der Waals surface area contributed by atoms with Gasteiger partial charge in [0.25, 0.3) is 10.0 Å². The summed E-state index contributed by atoms with van der Waals surface area (Å²) in [6, 6.07) is 10.0. The predicted octanol–water partition coefficient (Wildman–Crippen LogP) is 2.42. The Morgan fingerprint density at radius 3 is 2.45 bits per heavy atom. The van der Waals surface area contributed by atoms with Crippen LogP contribution in [-0.4, -0.2) is 28.7 Å². The van der Waals surface area contributed by atoms with E-state index in [1.807, 2.05) is 0 Å². The van der Waals surface area contributed by atoms with Crippen LogP contribution >= 0.6 is 0 Å². The van der Waals surface area contributed by atoms with E-state index in [0.29, 0.717) is 24.7 Å². The van der Waals surface area contributed by atoms with Gasteiger partial charge in [0.15, 0.2) is 11.5 Å². The largest absolute Gasteiger partial charge is 0.486 e. The zero-order valence-corrected chi connectivity index (χ0v) is 12.6. The van der Waals surface area contributed by atoms with Crippen molar-refractivity contribution in [2.24, 2.45) is 0 Å². The summed E-state index contributed by atoms with van der Waals surface area (Å²) >= 11 is 0. The average Bonchev–Trinajstić information content (AvgIpc) is 2.54. The van der Waals surface area contributed by atoms with E-state index in [9.17, 15) is 12.8 Å². The molecule has 0 saturated carbocycles. The lowest BCUT2D eigenvalue weighted by Crippen LogP contribution is -2.27. The number of sulfonamides is 1. The highest BCUT2D eigenvalue weighted by Gasteiger charge is 2.25. The SMILES string of the molecule is CN(c1ccccc1F)S(=O)(=O)c1ccc2c(c1)OCCO2. The summed E-state index contributed by atoms with van der Waals surface area (Å²) in [5.41, 5.74) is -0.0163. The van der Waals surface area contributed by atoms with Gasteiger partial charge in [-0.25, -0.2) is 12.8 Å². The smallest absolute Gasteiger partial charge is 0.264 e. The Balaban J connectivity index is 2.01. The lowest BCUT2D eigenvalue weighted by molar-refractivity contribution is 0.171. The second-order valence-electron chi connectivity index (χ2n) is 4.73. The molecular formula is C15H14FNO4S. The molecule has 0 amide bonds. The zero-order chi connectivity index (χ0) is 15.7. The predicted molar refractivity (Wildman–Crippen MR) is 79.4 cm³/mol. The molecule has 0 bridgehead atoms. The summed E-state index contributed by atoms with van der Waals surface area (Å²) in [4.78, 5) is 0.0162. The van der Waals surface area contributed by atoms with Crippen LogP contribution in [-0.2, 0) is 10.0 Å². The molecule has 3 rings (SSSR count). The molecule has 0 saturated heterocycles. The van der Waals surface area contributed by atoms with Gasteiger partial charge in [-0.3, -0.25) is 4.31 Å². The average molecular weight is 323 g/mol. The first-order valence-electron chi connectivity index (χ1n) is 6.63. The van der Waals surface area contributed by atoms with Crippen LogP contribution in [0, 0.1) is 5.82 Å². The fourth-order valence-corrected chi connectivity index (χ4v) is 3.40. The zero-order valence-electron chi connectivity index (χ0n) is 11.8. The molecule has 0 fully saturated rings. The second kappa shape index (κ2) is 5.49. The van der Waals surface area contributed by atoms with Gasteiger partial charge < -0.3 is 9.47 Å². The maximum absolute atomic E-state index is 13.8. The number of benzene rings is 2. The number of anilines is 1. The van der Waals surface area contributed by atoms with Gasteiger partial charge in [0, 0.05) is 13.1 Å². The first-order chi connectivity index (χ1) is 10.5. The number of fused-ring (bicyclic) bond motifs is 1. The standard InChI is InChI=1S/C15H14FNO4S/c1-17(13-5-3-2-4-12(13)16)22(18,19)11-6-7-14-15(10-11)21-9-8-20-14/h2-7,10H,8-9H2,1H3. The topological polar surface area (TPSA) is 55.8 Å². The second-order valence-corrected chi connectivity index (χ2v) is 6.70. The van der Waals surface area contributed by atoms with Crippen molar-refractivity contribution in [3.05, 3.63) is 48.3 Å². The minimum absolute atomic E-state index is 0.0162.